The van der Waals surface area contributed by atoms with Crippen molar-refractivity contribution in [2.45, 2.75) is 37.9 Å². The number of hydrogen-bond acceptors (Lipinski definition) is 2. The summed E-state index contributed by atoms with van der Waals surface area (Å²) in [4.78, 5) is 3.87. The fraction of sp³-hybridized carbons (Fsp3) is 0.583. The molecule has 0 aromatic carbocycles. The fourth-order valence-electron chi connectivity index (χ4n) is 2.30. The van der Waals surface area contributed by atoms with Crippen molar-refractivity contribution in [3.05, 3.63) is 29.6 Å². The minimum Gasteiger partial charge on any atom is -0.327 e. The van der Waals surface area contributed by atoms with E-state index >= 15 is 0 Å². The van der Waals surface area contributed by atoms with E-state index in [0.29, 0.717) is 18.0 Å². The first-order valence-corrected chi connectivity index (χ1v) is 5.74. The van der Waals surface area contributed by atoms with E-state index in [1.165, 1.54) is 6.07 Å². The van der Waals surface area contributed by atoms with Crippen LogP contribution in [-0.2, 0) is 12.6 Å². The molecule has 1 aromatic rings. The predicted octanol–water partition coefficient (Wildman–Crippen LogP) is 2.77. The monoisotopic (exact) mass is 244 g/mol. The van der Waals surface area contributed by atoms with Crippen molar-refractivity contribution in [2.75, 3.05) is 0 Å². The highest BCUT2D eigenvalue weighted by Crippen LogP contribution is 2.30. The molecule has 0 radical (unpaired) electrons. The summed E-state index contributed by atoms with van der Waals surface area (Å²) in [6, 6.07) is 2.70. The molecule has 1 fully saturated rings. The Kier molecular flexibility index (Phi) is 3.38. The molecule has 0 amide bonds. The Morgan fingerprint density at radius 1 is 1.29 bits per heavy atom. The predicted molar refractivity (Wildman–Crippen MR) is 58.3 cm³/mol. The average Bonchev–Trinajstić information content (AvgIpc) is 2.64. The molecule has 5 heteroatoms. The number of nitrogens with zero attached hydrogens (tertiary/aromatic N) is 1. The summed E-state index contributed by atoms with van der Waals surface area (Å²) in [5.41, 5.74) is 5.92. The van der Waals surface area contributed by atoms with Crippen LogP contribution in [0.25, 0.3) is 0 Å². The van der Waals surface area contributed by atoms with E-state index in [4.69, 9.17) is 5.73 Å². The van der Waals surface area contributed by atoms with E-state index in [1.807, 2.05) is 0 Å². The van der Waals surface area contributed by atoms with Crippen LogP contribution in [0.5, 0.6) is 0 Å². The minimum absolute atomic E-state index is 0.166. The van der Waals surface area contributed by atoms with Crippen LogP contribution in [0, 0.1) is 5.92 Å². The Hall–Kier alpha value is -1.10. The summed E-state index contributed by atoms with van der Waals surface area (Å²) in [6.07, 6.45) is 0.423. The maximum absolute atomic E-state index is 12.3. The van der Waals surface area contributed by atoms with Gasteiger partial charge in [-0.3, -0.25) is 4.98 Å². The summed E-state index contributed by atoms with van der Waals surface area (Å²) in [7, 11) is 0. The van der Waals surface area contributed by atoms with E-state index in [1.54, 1.807) is 0 Å². The van der Waals surface area contributed by atoms with Crippen LogP contribution in [0.4, 0.5) is 13.2 Å². The lowest BCUT2D eigenvalue weighted by Gasteiger charge is -2.14. The van der Waals surface area contributed by atoms with Gasteiger partial charge < -0.3 is 5.73 Å². The molecule has 17 heavy (non-hydrogen) atoms. The molecule has 0 saturated heterocycles. The van der Waals surface area contributed by atoms with Crippen LogP contribution >= 0.6 is 0 Å². The van der Waals surface area contributed by atoms with Gasteiger partial charge in [-0.25, -0.2) is 0 Å². The van der Waals surface area contributed by atoms with Gasteiger partial charge in [0.15, 0.2) is 0 Å². The number of nitrogens with two attached hydrogens (primary N) is 1. The molecular weight excluding hydrogens is 229 g/mol. The minimum atomic E-state index is -4.31. The highest BCUT2D eigenvalue weighted by atomic mass is 19.4. The third kappa shape index (κ3) is 2.97. The quantitative estimate of drug-likeness (QED) is 0.868. The zero-order valence-electron chi connectivity index (χ0n) is 9.37. The van der Waals surface area contributed by atoms with Crippen LogP contribution in [0.3, 0.4) is 0 Å². The van der Waals surface area contributed by atoms with Gasteiger partial charge in [-0.1, -0.05) is 6.42 Å². The normalized spacial score (nSPS) is 25.2. The molecule has 1 heterocycles. The van der Waals surface area contributed by atoms with Crippen molar-refractivity contribution in [3.63, 3.8) is 0 Å². The molecule has 2 nitrogen and oxygen atoms in total. The Labute approximate surface area is 98.0 Å². The van der Waals surface area contributed by atoms with Gasteiger partial charge in [-0.2, -0.15) is 13.2 Å². The number of aromatic nitrogens is 1. The van der Waals surface area contributed by atoms with Gasteiger partial charge in [-0.05, 0) is 37.3 Å². The second kappa shape index (κ2) is 4.64. The molecule has 0 aliphatic heterocycles. The summed E-state index contributed by atoms with van der Waals surface area (Å²) in [6.45, 7) is 0. The van der Waals surface area contributed by atoms with Gasteiger partial charge in [0, 0.05) is 17.9 Å². The smallest absolute Gasteiger partial charge is 0.327 e. The summed E-state index contributed by atoms with van der Waals surface area (Å²) in [5.74, 6) is 0.360. The van der Waals surface area contributed by atoms with Crippen molar-refractivity contribution < 1.29 is 13.2 Å². The van der Waals surface area contributed by atoms with Crippen LogP contribution < -0.4 is 5.73 Å². The molecule has 2 N–H and O–H groups in total. The highest BCUT2D eigenvalue weighted by molar-refractivity contribution is 5.17. The molecule has 1 saturated carbocycles. The SMILES string of the molecule is N[C@@H]1CCC[C@@H]1Cc1ccc(C(F)(F)F)cn1. The van der Waals surface area contributed by atoms with Crippen molar-refractivity contribution in [1.29, 1.82) is 0 Å². The molecule has 0 spiro atoms. The number of alkyl halides is 3. The molecule has 1 aliphatic rings. The number of rotatable bonds is 2. The van der Waals surface area contributed by atoms with Gasteiger partial charge in [-0.15, -0.1) is 0 Å². The van der Waals surface area contributed by atoms with E-state index in [-0.39, 0.29) is 6.04 Å². The Balaban J connectivity index is 2.03. The summed E-state index contributed by atoms with van der Waals surface area (Å²) in [5, 5.41) is 0. The molecule has 2 atom stereocenters. The second-order valence-electron chi connectivity index (χ2n) is 4.59. The van der Waals surface area contributed by atoms with Crippen molar-refractivity contribution >= 4 is 0 Å². The highest BCUT2D eigenvalue weighted by Gasteiger charge is 2.31. The average molecular weight is 244 g/mol. The van der Waals surface area contributed by atoms with Gasteiger partial charge in [0.05, 0.1) is 5.56 Å². The van der Waals surface area contributed by atoms with E-state index < -0.39 is 11.7 Å². The van der Waals surface area contributed by atoms with Gasteiger partial charge >= 0.3 is 6.18 Å². The topological polar surface area (TPSA) is 38.9 Å². The van der Waals surface area contributed by atoms with Crippen molar-refractivity contribution in [2.24, 2.45) is 11.7 Å². The lowest BCUT2D eigenvalue weighted by Crippen LogP contribution is -2.26. The molecule has 94 valence electrons. The van der Waals surface area contributed by atoms with Gasteiger partial charge in [0.1, 0.15) is 0 Å². The molecule has 1 aliphatic carbocycles. The molecule has 0 bridgehead atoms. The lowest BCUT2D eigenvalue weighted by atomic mass is 9.98. The maximum atomic E-state index is 12.3. The summed E-state index contributed by atoms with van der Waals surface area (Å²) < 4.78 is 37.0. The van der Waals surface area contributed by atoms with E-state index in [9.17, 15) is 13.2 Å². The standard InChI is InChI=1S/C12H15F3N2/c13-12(14,15)9-4-5-10(17-7-9)6-8-2-1-3-11(8)16/h4-5,7-8,11H,1-3,6,16H2/t8-,11-/m1/s1. The maximum Gasteiger partial charge on any atom is 0.417 e. The van der Waals surface area contributed by atoms with E-state index in [0.717, 1.165) is 31.5 Å². The third-order valence-corrected chi connectivity index (χ3v) is 3.34. The first-order chi connectivity index (χ1) is 7.97. The summed E-state index contributed by atoms with van der Waals surface area (Å²) >= 11 is 0. The first-order valence-electron chi connectivity index (χ1n) is 5.74. The zero-order valence-corrected chi connectivity index (χ0v) is 9.37. The number of halogens is 3. The molecule has 2 rings (SSSR count). The van der Waals surface area contributed by atoms with Gasteiger partial charge in [0.25, 0.3) is 0 Å². The number of pyridine rings is 1. The van der Waals surface area contributed by atoms with Crippen molar-refractivity contribution in [3.8, 4) is 0 Å². The fourth-order valence-corrected chi connectivity index (χ4v) is 2.30. The zero-order chi connectivity index (χ0) is 12.5. The molecular formula is C12H15F3N2. The third-order valence-electron chi connectivity index (χ3n) is 3.34. The lowest BCUT2D eigenvalue weighted by molar-refractivity contribution is -0.137. The van der Waals surface area contributed by atoms with Crippen LogP contribution in [0.2, 0.25) is 0 Å². The Bertz CT molecular complexity index is 372. The largest absolute Gasteiger partial charge is 0.417 e. The first kappa shape index (κ1) is 12.4. The molecule has 0 unspecified atom stereocenters. The Morgan fingerprint density at radius 2 is 2.06 bits per heavy atom. The Morgan fingerprint density at radius 3 is 2.53 bits per heavy atom. The van der Waals surface area contributed by atoms with Crippen LogP contribution in [0.1, 0.15) is 30.5 Å². The van der Waals surface area contributed by atoms with Crippen LogP contribution in [0.15, 0.2) is 18.3 Å². The second-order valence-corrected chi connectivity index (χ2v) is 4.59. The van der Waals surface area contributed by atoms with Gasteiger partial charge in [0.2, 0.25) is 0 Å². The van der Waals surface area contributed by atoms with E-state index in [2.05, 4.69) is 4.98 Å². The van der Waals surface area contributed by atoms with Crippen LogP contribution in [-0.4, -0.2) is 11.0 Å². The number of hydrogen-bond donors (Lipinski definition) is 1. The molecule has 1 aromatic heterocycles. The van der Waals surface area contributed by atoms with Crippen molar-refractivity contribution in [1.82, 2.24) is 4.98 Å².